The van der Waals surface area contributed by atoms with Gasteiger partial charge in [-0.15, -0.1) is 0 Å². The lowest BCUT2D eigenvalue weighted by molar-refractivity contribution is 0.163. The quantitative estimate of drug-likeness (QED) is 0.827. The van der Waals surface area contributed by atoms with Crippen LogP contribution >= 0.6 is 0 Å². The monoisotopic (exact) mass is 233 g/mol. The highest BCUT2D eigenvalue weighted by Gasteiger charge is 2.06. The van der Waals surface area contributed by atoms with Crippen molar-refractivity contribution in [2.24, 2.45) is 0 Å². The van der Waals surface area contributed by atoms with Crippen molar-refractivity contribution in [1.29, 1.82) is 0 Å². The summed E-state index contributed by atoms with van der Waals surface area (Å²) in [6.45, 7) is 3.58. The standard InChI is InChI=1S/C13H19N3O/c1-10(17)6-7-16(2)9-12-5-3-4-11-8-14-15-13(11)12/h3-5,8,10,17H,6-7,9H2,1-2H3,(H,14,15). The second kappa shape index (κ2) is 5.29. The molecule has 92 valence electrons. The van der Waals surface area contributed by atoms with Gasteiger partial charge in [0.25, 0.3) is 0 Å². The van der Waals surface area contributed by atoms with E-state index in [9.17, 15) is 5.11 Å². The minimum atomic E-state index is -0.236. The Morgan fingerprint density at radius 3 is 3.06 bits per heavy atom. The highest BCUT2D eigenvalue weighted by molar-refractivity contribution is 5.81. The van der Waals surface area contributed by atoms with Crippen molar-refractivity contribution in [3.05, 3.63) is 30.0 Å². The van der Waals surface area contributed by atoms with Crippen LogP contribution in [0, 0.1) is 0 Å². The fraction of sp³-hybridized carbons (Fsp3) is 0.462. The van der Waals surface area contributed by atoms with Crippen LogP contribution < -0.4 is 0 Å². The normalized spacial score (nSPS) is 13.4. The second-order valence-electron chi connectivity index (χ2n) is 4.63. The molecule has 2 aromatic rings. The number of aliphatic hydroxyl groups is 1. The number of hydrogen-bond acceptors (Lipinski definition) is 3. The lowest BCUT2D eigenvalue weighted by Crippen LogP contribution is -2.22. The molecule has 0 amide bonds. The van der Waals surface area contributed by atoms with Gasteiger partial charge in [-0.05, 0) is 26.0 Å². The van der Waals surface area contributed by atoms with Gasteiger partial charge in [0.1, 0.15) is 0 Å². The Hall–Kier alpha value is -1.39. The van der Waals surface area contributed by atoms with E-state index in [4.69, 9.17) is 0 Å². The molecule has 0 fully saturated rings. The zero-order valence-corrected chi connectivity index (χ0v) is 10.3. The molecular weight excluding hydrogens is 214 g/mol. The summed E-state index contributed by atoms with van der Waals surface area (Å²) >= 11 is 0. The molecule has 1 atom stereocenters. The molecule has 1 unspecified atom stereocenters. The van der Waals surface area contributed by atoms with Gasteiger partial charge in [-0.3, -0.25) is 5.10 Å². The van der Waals surface area contributed by atoms with Crippen molar-refractivity contribution >= 4 is 10.9 Å². The molecule has 4 heteroatoms. The molecule has 0 radical (unpaired) electrons. The number of aromatic amines is 1. The van der Waals surface area contributed by atoms with Gasteiger partial charge in [0, 0.05) is 18.5 Å². The van der Waals surface area contributed by atoms with E-state index in [0.717, 1.165) is 30.4 Å². The van der Waals surface area contributed by atoms with E-state index in [1.54, 1.807) is 0 Å². The molecule has 1 heterocycles. The number of rotatable bonds is 5. The molecule has 0 saturated carbocycles. The summed E-state index contributed by atoms with van der Waals surface area (Å²) in [6, 6.07) is 6.22. The van der Waals surface area contributed by atoms with Crippen molar-refractivity contribution in [3.8, 4) is 0 Å². The Balaban J connectivity index is 2.05. The van der Waals surface area contributed by atoms with Crippen LogP contribution in [-0.2, 0) is 6.54 Å². The van der Waals surface area contributed by atoms with E-state index < -0.39 is 0 Å². The minimum absolute atomic E-state index is 0.236. The van der Waals surface area contributed by atoms with Crippen LogP contribution in [0.2, 0.25) is 0 Å². The highest BCUT2D eigenvalue weighted by Crippen LogP contribution is 2.16. The maximum absolute atomic E-state index is 9.26. The number of benzene rings is 1. The zero-order valence-electron chi connectivity index (χ0n) is 10.3. The lowest BCUT2D eigenvalue weighted by Gasteiger charge is -2.17. The molecule has 4 nitrogen and oxygen atoms in total. The topological polar surface area (TPSA) is 52.1 Å². The number of hydrogen-bond donors (Lipinski definition) is 2. The van der Waals surface area contributed by atoms with Crippen molar-refractivity contribution in [1.82, 2.24) is 15.1 Å². The Kier molecular flexibility index (Phi) is 3.76. The van der Waals surface area contributed by atoms with Crippen molar-refractivity contribution in [3.63, 3.8) is 0 Å². The predicted molar refractivity (Wildman–Crippen MR) is 68.7 cm³/mol. The minimum Gasteiger partial charge on any atom is -0.393 e. The van der Waals surface area contributed by atoms with Crippen LogP contribution in [0.15, 0.2) is 24.4 Å². The molecule has 0 spiro atoms. The third-order valence-corrected chi connectivity index (χ3v) is 2.93. The molecule has 0 aliphatic rings. The van der Waals surface area contributed by atoms with E-state index in [1.165, 1.54) is 5.56 Å². The van der Waals surface area contributed by atoms with Gasteiger partial charge in [0.05, 0.1) is 17.8 Å². The summed E-state index contributed by atoms with van der Waals surface area (Å²) in [4.78, 5) is 2.21. The Labute approximate surface area is 101 Å². The molecule has 2 N–H and O–H groups in total. The van der Waals surface area contributed by atoms with Crippen LogP contribution in [-0.4, -0.2) is 39.9 Å². The average molecular weight is 233 g/mol. The third-order valence-electron chi connectivity index (χ3n) is 2.93. The summed E-state index contributed by atoms with van der Waals surface area (Å²) < 4.78 is 0. The van der Waals surface area contributed by atoms with Gasteiger partial charge in [0.15, 0.2) is 0 Å². The van der Waals surface area contributed by atoms with Gasteiger partial charge in [-0.2, -0.15) is 5.10 Å². The van der Waals surface area contributed by atoms with E-state index in [2.05, 4.69) is 40.3 Å². The maximum atomic E-state index is 9.26. The first kappa shape index (κ1) is 12.1. The summed E-state index contributed by atoms with van der Waals surface area (Å²) in [5.74, 6) is 0. The molecule has 0 aliphatic heterocycles. The summed E-state index contributed by atoms with van der Waals surface area (Å²) in [7, 11) is 2.07. The van der Waals surface area contributed by atoms with Crippen LogP contribution in [0.3, 0.4) is 0 Å². The largest absolute Gasteiger partial charge is 0.393 e. The first-order valence-corrected chi connectivity index (χ1v) is 5.94. The van der Waals surface area contributed by atoms with E-state index in [0.29, 0.717) is 0 Å². The first-order valence-electron chi connectivity index (χ1n) is 5.94. The number of aromatic nitrogens is 2. The number of H-pyrrole nitrogens is 1. The number of aliphatic hydroxyl groups excluding tert-OH is 1. The molecule has 0 aliphatic carbocycles. The molecule has 17 heavy (non-hydrogen) atoms. The van der Waals surface area contributed by atoms with Gasteiger partial charge in [0.2, 0.25) is 0 Å². The molecular formula is C13H19N3O. The fourth-order valence-corrected chi connectivity index (χ4v) is 1.94. The van der Waals surface area contributed by atoms with Crippen molar-refractivity contribution < 1.29 is 5.11 Å². The third kappa shape index (κ3) is 3.05. The van der Waals surface area contributed by atoms with Gasteiger partial charge in [-0.25, -0.2) is 0 Å². The summed E-state index contributed by atoms with van der Waals surface area (Å²) in [5.41, 5.74) is 2.35. The molecule has 0 bridgehead atoms. The zero-order chi connectivity index (χ0) is 12.3. The van der Waals surface area contributed by atoms with Crippen LogP contribution in [0.1, 0.15) is 18.9 Å². The number of nitrogens with one attached hydrogen (secondary N) is 1. The van der Waals surface area contributed by atoms with Crippen molar-refractivity contribution in [2.75, 3.05) is 13.6 Å². The van der Waals surface area contributed by atoms with E-state index in [-0.39, 0.29) is 6.10 Å². The smallest absolute Gasteiger partial charge is 0.0695 e. The number of para-hydroxylation sites is 1. The van der Waals surface area contributed by atoms with Gasteiger partial charge >= 0.3 is 0 Å². The molecule has 0 saturated heterocycles. The van der Waals surface area contributed by atoms with Gasteiger partial charge in [-0.1, -0.05) is 18.2 Å². The molecule has 2 rings (SSSR count). The van der Waals surface area contributed by atoms with Gasteiger partial charge < -0.3 is 10.0 Å². The molecule has 1 aromatic carbocycles. The summed E-state index contributed by atoms with van der Waals surface area (Å²) in [6.07, 6.45) is 2.41. The SMILES string of the molecule is CC(O)CCN(C)Cc1cccc2cn[nH]c12. The van der Waals surface area contributed by atoms with Crippen LogP contribution in [0.4, 0.5) is 0 Å². The van der Waals surface area contributed by atoms with E-state index >= 15 is 0 Å². The lowest BCUT2D eigenvalue weighted by atomic mass is 10.1. The Bertz CT molecular complexity index is 478. The van der Waals surface area contributed by atoms with Crippen LogP contribution in [0.25, 0.3) is 10.9 Å². The predicted octanol–water partition coefficient (Wildman–Crippen LogP) is 1.77. The highest BCUT2D eigenvalue weighted by atomic mass is 16.3. The Morgan fingerprint density at radius 1 is 1.47 bits per heavy atom. The maximum Gasteiger partial charge on any atom is 0.0695 e. The van der Waals surface area contributed by atoms with Crippen LogP contribution in [0.5, 0.6) is 0 Å². The van der Waals surface area contributed by atoms with E-state index in [1.807, 2.05) is 13.1 Å². The fourth-order valence-electron chi connectivity index (χ4n) is 1.94. The number of nitrogens with zero attached hydrogens (tertiary/aromatic N) is 2. The summed E-state index contributed by atoms with van der Waals surface area (Å²) in [5, 5.41) is 17.5. The molecule has 1 aromatic heterocycles. The number of fused-ring (bicyclic) bond motifs is 1. The first-order chi connectivity index (χ1) is 8.16. The average Bonchev–Trinajstić information content (AvgIpc) is 2.75. The van der Waals surface area contributed by atoms with Crippen molar-refractivity contribution in [2.45, 2.75) is 26.0 Å². The Morgan fingerprint density at radius 2 is 2.29 bits per heavy atom. The second-order valence-corrected chi connectivity index (χ2v) is 4.63.